The lowest BCUT2D eigenvalue weighted by atomic mass is 10.1. The molecule has 0 spiro atoms. The number of nitrogens with one attached hydrogen (secondary N) is 3. The van der Waals surface area contributed by atoms with Crippen LogP contribution in [0.2, 0.25) is 0 Å². The van der Waals surface area contributed by atoms with Gasteiger partial charge >= 0.3 is 6.03 Å². The molecule has 0 aromatic heterocycles. The molecule has 1 fully saturated rings. The summed E-state index contributed by atoms with van der Waals surface area (Å²) < 4.78 is 0. The van der Waals surface area contributed by atoms with Gasteiger partial charge in [0.25, 0.3) is 5.91 Å². The Balaban J connectivity index is 1.91. The molecule has 7 nitrogen and oxygen atoms in total. The van der Waals surface area contributed by atoms with Crippen LogP contribution < -0.4 is 21.7 Å². The maximum absolute atomic E-state index is 11.6. The third-order valence-electron chi connectivity index (χ3n) is 3.04. The molecule has 0 aliphatic carbocycles. The fraction of sp³-hybridized carbons (Fsp3) is 0.357. The van der Waals surface area contributed by atoms with Crippen LogP contribution in [-0.2, 0) is 16.0 Å². The van der Waals surface area contributed by atoms with Gasteiger partial charge in [-0.15, -0.1) is 0 Å². The molecule has 0 saturated carbocycles. The largest absolute Gasteiger partial charge is 0.327 e. The van der Waals surface area contributed by atoms with Crippen LogP contribution in [0.4, 0.5) is 10.5 Å². The van der Waals surface area contributed by atoms with Crippen LogP contribution in [0.5, 0.6) is 0 Å². The minimum Gasteiger partial charge on any atom is -0.327 e. The van der Waals surface area contributed by atoms with Crippen LogP contribution in [0.15, 0.2) is 24.3 Å². The van der Waals surface area contributed by atoms with Crippen LogP contribution in [-0.4, -0.2) is 29.9 Å². The molecule has 0 bridgehead atoms. The lowest BCUT2D eigenvalue weighted by molar-refractivity contribution is -0.120. The first-order valence-electron chi connectivity index (χ1n) is 6.70. The topological polar surface area (TPSA) is 113 Å². The average Bonchev–Trinajstić information content (AvgIpc) is 2.69. The Hall–Kier alpha value is -2.41. The van der Waals surface area contributed by atoms with Crippen molar-refractivity contribution in [1.29, 1.82) is 0 Å². The third-order valence-corrected chi connectivity index (χ3v) is 3.04. The van der Waals surface area contributed by atoms with E-state index in [9.17, 15) is 14.4 Å². The van der Waals surface area contributed by atoms with Crippen molar-refractivity contribution in [2.75, 3.05) is 5.32 Å². The van der Waals surface area contributed by atoms with E-state index in [1.165, 1.54) is 0 Å². The molecule has 1 saturated heterocycles. The summed E-state index contributed by atoms with van der Waals surface area (Å²) in [4.78, 5) is 34.0. The molecule has 1 aromatic rings. The molecule has 112 valence electrons. The van der Waals surface area contributed by atoms with E-state index in [1.807, 2.05) is 0 Å². The zero-order valence-electron chi connectivity index (χ0n) is 11.7. The molecule has 1 aromatic carbocycles. The molecule has 2 atom stereocenters. The van der Waals surface area contributed by atoms with E-state index in [1.54, 1.807) is 31.2 Å². The van der Waals surface area contributed by atoms with Crippen LogP contribution in [0.3, 0.4) is 0 Å². The van der Waals surface area contributed by atoms with E-state index in [4.69, 9.17) is 5.73 Å². The SMILES string of the molecule is CC(N)CC(=O)Nc1ccc(CC2NC(=O)NC2=O)cc1. The molecular formula is C14H18N4O3. The second kappa shape index (κ2) is 6.36. The summed E-state index contributed by atoms with van der Waals surface area (Å²) >= 11 is 0. The fourth-order valence-corrected chi connectivity index (χ4v) is 2.07. The van der Waals surface area contributed by atoms with E-state index >= 15 is 0 Å². The van der Waals surface area contributed by atoms with Crippen LogP contribution in [0.1, 0.15) is 18.9 Å². The van der Waals surface area contributed by atoms with Crippen molar-refractivity contribution in [1.82, 2.24) is 10.6 Å². The van der Waals surface area contributed by atoms with Gasteiger partial charge in [-0.1, -0.05) is 12.1 Å². The first kappa shape index (κ1) is 15.0. The molecule has 1 heterocycles. The molecule has 21 heavy (non-hydrogen) atoms. The van der Waals surface area contributed by atoms with E-state index in [0.29, 0.717) is 12.1 Å². The first-order valence-corrected chi connectivity index (χ1v) is 6.70. The molecule has 2 rings (SSSR count). The minimum absolute atomic E-state index is 0.139. The standard InChI is InChI=1S/C14H18N4O3/c1-8(15)6-12(19)16-10-4-2-9(3-5-10)7-11-13(20)18-14(21)17-11/h2-5,8,11H,6-7,15H2,1H3,(H,16,19)(H2,17,18,20,21). The van der Waals surface area contributed by atoms with Gasteiger partial charge in [-0.05, 0) is 24.6 Å². The lowest BCUT2D eigenvalue weighted by Gasteiger charge is -2.10. The van der Waals surface area contributed by atoms with Crippen molar-refractivity contribution in [3.63, 3.8) is 0 Å². The van der Waals surface area contributed by atoms with Crippen molar-refractivity contribution in [3.8, 4) is 0 Å². The number of benzene rings is 1. The maximum atomic E-state index is 11.6. The smallest absolute Gasteiger partial charge is 0.322 e. The molecule has 1 aliphatic rings. The lowest BCUT2D eigenvalue weighted by Crippen LogP contribution is -2.31. The van der Waals surface area contributed by atoms with Crippen molar-refractivity contribution in [2.24, 2.45) is 5.73 Å². The number of hydrogen-bond acceptors (Lipinski definition) is 4. The number of hydrogen-bond donors (Lipinski definition) is 4. The van der Waals surface area contributed by atoms with Crippen LogP contribution in [0.25, 0.3) is 0 Å². The van der Waals surface area contributed by atoms with Crippen LogP contribution in [0, 0.1) is 0 Å². The van der Waals surface area contributed by atoms with Gasteiger partial charge < -0.3 is 16.4 Å². The van der Waals surface area contributed by atoms with E-state index in [2.05, 4.69) is 16.0 Å². The Morgan fingerprint density at radius 2 is 2.00 bits per heavy atom. The number of carbonyl (C=O) groups is 3. The molecule has 4 amide bonds. The van der Waals surface area contributed by atoms with Crippen LogP contribution >= 0.6 is 0 Å². The summed E-state index contributed by atoms with van der Waals surface area (Å²) in [5.41, 5.74) is 7.12. The number of carbonyl (C=O) groups excluding carboxylic acids is 3. The van der Waals surface area contributed by atoms with Gasteiger partial charge in [-0.25, -0.2) is 4.79 Å². The van der Waals surface area contributed by atoms with Gasteiger partial charge in [0, 0.05) is 24.6 Å². The highest BCUT2D eigenvalue weighted by atomic mass is 16.2. The Labute approximate surface area is 122 Å². The number of amides is 4. The highest BCUT2D eigenvalue weighted by Gasteiger charge is 2.29. The second-order valence-electron chi connectivity index (χ2n) is 5.15. The molecule has 1 aliphatic heterocycles. The van der Waals surface area contributed by atoms with Gasteiger partial charge in [0.1, 0.15) is 6.04 Å². The normalized spacial score (nSPS) is 18.9. The van der Waals surface area contributed by atoms with E-state index < -0.39 is 12.1 Å². The van der Waals surface area contributed by atoms with Crippen molar-refractivity contribution in [2.45, 2.75) is 31.8 Å². The number of rotatable bonds is 5. The van der Waals surface area contributed by atoms with E-state index in [0.717, 1.165) is 5.56 Å². The number of imide groups is 1. The Morgan fingerprint density at radius 1 is 1.33 bits per heavy atom. The van der Waals surface area contributed by atoms with Gasteiger partial charge in [-0.2, -0.15) is 0 Å². The Morgan fingerprint density at radius 3 is 2.52 bits per heavy atom. The molecule has 5 N–H and O–H groups in total. The summed E-state index contributed by atoms with van der Waals surface area (Å²) in [5.74, 6) is -0.463. The van der Waals surface area contributed by atoms with Gasteiger partial charge in [0.15, 0.2) is 0 Å². The predicted octanol–water partition coefficient (Wildman–Crippen LogP) is 0.113. The summed E-state index contributed by atoms with van der Waals surface area (Å²) in [6.45, 7) is 1.77. The summed E-state index contributed by atoms with van der Waals surface area (Å²) in [6, 6.07) is 5.92. The van der Waals surface area contributed by atoms with Gasteiger partial charge in [0.05, 0.1) is 0 Å². The number of nitrogens with two attached hydrogens (primary N) is 1. The Bertz CT molecular complexity index is 554. The average molecular weight is 290 g/mol. The predicted molar refractivity (Wildman–Crippen MR) is 77.5 cm³/mol. The highest BCUT2D eigenvalue weighted by molar-refractivity contribution is 6.04. The molecule has 7 heteroatoms. The third kappa shape index (κ3) is 4.28. The zero-order valence-corrected chi connectivity index (χ0v) is 11.7. The Kier molecular flexibility index (Phi) is 4.54. The summed E-state index contributed by atoms with van der Waals surface area (Å²) in [6.07, 6.45) is 0.668. The van der Waals surface area contributed by atoms with E-state index in [-0.39, 0.29) is 24.3 Å². The summed E-state index contributed by atoms with van der Waals surface area (Å²) in [7, 11) is 0. The quantitative estimate of drug-likeness (QED) is 0.576. The monoisotopic (exact) mass is 290 g/mol. The highest BCUT2D eigenvalue weighted by Crippen LogP contribution is 2.12. The maximum Gasteiger partial charge on any atom is 0.322 e. The fourth-order valence-electron chi connectivity index (χ4n) is 2.07. The molecule has 0 radical (unpaired) electrons. The minimum atomic E-state index is -0.545. The zero-order chi connectivity index (χ0) is 15.4. The van der Waals surface area contributed by atoms with Gasteiger partial charge in [0.2, 0.25) is 5.91 Å². The number of anilines is 1. The first-order chi connectivity index (χ1) is 9.94. The number of urea groups is 1. The molecule has 2 unspecified atom stereocenters. The second-order valence-corrected chi connectivity index (χ2v) is 5.15. The van der Waals surface area contributed by atoms with Crippen molar-refractivity contribution < 1.29 is 14.4 Å². The van der Waals surface area contributed by atoms with Crippen molar-refractivity contribution in [3.05, 3.63) is 29.8 Å². The molecular weight excluding hydrogens is 272 g/mol. The summed E-state index contributed by atoms with van der Waals surface area (Å²) in [5, 5.41) is 7.46. The van der Waals surface area contributed by atoms with Gasteiger partial charge in [-0.3, -0.25) is 14.9 Å². The van der Waals surface area contributed by atoms with Crippen molar-refractivity contribution >= 4 is 23.5 Å².